The summed E-state index contributed by atoms with van der Waals surface area (Å²) in [5.41, 5.74) is 0.857. The molecule has 3 rings (SSSR count). The number of carbonyl (C=O) groups excluding carboxylic acids is 2. The zero-order chi connectivity index (χ0) is 21.3. The lowest BCUT2D eigenvalue weighted by atomic mass is 9.95. The van der Waals surface area contributed by atoms with Crippen LogP contribution in [0.2, 0.25) is 0 Å². The van der Waals surface area contributed by atoms with Gasteiger partial charge in [-0.15, -0.1) is 0 Å². The lowest BCUT2D eigenvalue weighted by Crippen LogP contribution is -2.44. The number of benzene rings is 2. The number of amides is 2. The molecule has 1 N–H and O–H groups in total. The van der Waals surface area contributed by atoms with Crippen molar-refractivity contribution in [2.75, 3.05) is 33.9 Å². The van der Waals surface area contributed by atoms with E-state index in [1.54, 1.807) is 19.1 Å². The molecule has 30 heavy (non-hydrogen) atoms. The number of hydrogen-bond donors (Lipinski definition) is 1. The number of nitrogens with zero attached hydrogens (tertiary/aromatic N) is 1. The Morgan fingerprint density at radius 2 is 1.73 bits per heavy atom. The van der Waals surface area contributed by atoms with Gasteiger partial charge >= 0.3 is 0 Å². The molecule has 2 aromatic carbocycles. The smallest absolute Gasteiger partial charge is 0.260 e. The van der Waals surface area contributed by atoms with Crippen molar-refractivity contribution in [1.82, 2.24) is 10.2 Å². The zero-order valence-electron chi connectivity index (χ0n) is 17.4. The van der Waals surface area contributed by atoms with Gasteiger partial charge in [-0.25, -0.2) is 0 Å². The molecule has 0 atom stereocenters. The Balaban J connectivity index is 1.44. The van der Waals surface area contributed by atoms with Crippen molar-refractivity contribution in [2.24, 2.45) is 5.92 Å². The summed E-state index contributed by atoms with van der Waals surface area (Å²) in [6.07, 6.45) is 1.27. The molecule has 2 amide bonds. The Morgan fingerprint density at radius 3 is 2.40 bits per heavy atom. The van der Waals surface area contributed by atoms with Crippen LogP contribution in [0.1, 0.15) is 18.4 Å². The Kier molecular flexibility index (Phi) is 7.54. The van der Waals surface area contributed by atoms with Gasteiger partial charge in [0, 0.05) is 31.1 Å². The molecule has 0 aromatic heterocycles. The van der Waals surface area contributed by atoms with Gasteiger partial charge in [0.1, 0.15) is 5.75 Å². The summed E-state index contributed by atoms with van der Waals surface area (Å²) in [6.45, 7) is 1.48. The summed E-state index contributed by atoms with van der Waals surface area (Å²) in [7, 11) is 3.16. The van der Waals surface area contributed by atoms with Gasteiger partial charge in [0.05, 0.1) is 14.2 Å². The van der Waals surface area contributed by atoms with Crippen LogP contribution in [-0.2, 0) is 16.1 Å². The molecule has 1 saturated heterocycles. The minimum atomic E-state index is -0.110. The third-order valence-electron chi connectivity index (χ3n) is 5.26. The zero-order valence-corrected chi connectivity index (χ0v) is 17.4. The molecule has 160 valence electrons. The van der Waals surface area contributed by atoms with E-state index in [0.717, 1.165) is 5.56 Å². The van der Waals surface area contributed by atoms with Gasteiger partial charge in [0.25, 0.3) is 5.91 Å². The van der Waals surface area contributed by atoms with Crippen LogP contribution in [0.4, 0.5) is 0 Å². The van der Waals surface area contributed by atoms with Crippen molar-refractivity contribution in [2.45, 2.75) is 19.4 Å². The first kappa shape index (κ1) is 21.5. The summed E-state index contributed by atoms with van der Waals surface area (Å²) in [6, 6.07) is 14.9. The number of para-hydroxylation sites is 2. The molecule has 0 unspecified atom stereocenters. The molecule has 1 aliphatic rings. The number of methoxy groups -OCH3 is 2. The van der Waals surface area contributed by atoms with Crippen LogP contribution >= 0.6 is 0 Å². The summed E-state index contributed by atoms with van der Waals surface area (Å²) in [4.78, 5) is 26.7. The van der Waals surface area contributed by atoms with Crippen LogP contribution in [0, 0.1) is 5.92 Å². The van der Waals surface area contributed by atoms with E-state index in [-0.39, 0.29) is 24.3 Å². The minimum absolute atomic E-state index is 0.00694. The summed E-state index contributed by atoms with van der Waals surface area (Å²) in [5.74, 6) is 1.76. The molecule has 0 bridgehead atoms. The Labute approximate surface area is 176 Å². The van der Waals surface area contributed by atoms with Crippen molar-refractivity contribution in [3.05, 3.63) is 54.1 Å². The summed E-state index contributed by atoms with van der Waals surface area (Å²) < 4.78 is 16.2. The first-order chi connectivity index (χ1) is 14.6. The maximum atomic E-state index is 12.6. The van der Waals surface area contributed by atoms with Gasteiger partial charge in [-0.1, -0.05) is 30.3 Å². The number of carbonyl (C=O) groups is 2. The molecule has 0 radical (unpaired) electrons. The molecular formula is C23H28N2O5. The lowest BCUT2D eigenvalue weighted by molar-refractivity contribution is -0.137. The molecule has 0 spiro atoms. The molecule has 7 nitrogen and oxygen atoms in total. The second kappa shape index (κ2) is 10.5. The molecule has 7 heteroatoms. The first-order valence-corrected chi connectivity index (χ1v) is 10.1. The van der Waals surface area contributed by atoms with Crippen LogP contribution in [0.5, 0.6) is 17.2 Å². The van der Waals surface area contributed by atoms with Crippen LogP contribution in [-0.4, -0.2) is 50.6 Å². The Hall–Kier alpha value is -3.22. The molecular weight excluding hydrogens is 384 g/mol. The highest BCUT2D eigenvalue weighted by Crippen LogP contribution is 2.30. The van der Waals surface area contributed by atoms with Crippen LogP contribution < -0.4 is 19.5 Å². The van der Waals surface area contributed by atoms with E-state index in [2.05, 4.69) is 5.32 Å². The summed E-state index contributed by atoms with van der Waals surface area (Å²) >= 11 is 0. The minimum Gasteiger partial charge on any atom is -0.493 e. The van der Waals surface area contributed by atoms with E-state index in [0.29, 0.717) is 49.7 Å². The van der Waals surface area contributed by atoms with Gasteiger partial charge < -0.3 is 24.4 Å². The monoisotopic (exact) mass is 412 g/mol. The van der Waals surface area contributed by atoms with Crippen LogP contribution in [0.25, 0.3) is 0 Å². The van der Waals surface area contributed by atoms with Gasteiger partial charge in [0.2, 0.25) is 5.91 Å². The molecule has 2 aromatic rings. The molecule has 1 fully saturated rings. The Morgan fingerprint density at radius 1 is 1.00 bits per heavy atom. The normalized spacial score (nSPS) is 14.1. The van der Waals surface area contributed by atoms with E-state index >= 15 is 0 Å². The highest BCUT2D eigenvalue weighted by molar-refractivity contribution is 5.80. The van der Waals surface area contributed by atoms with Crippen molar-refractivity contribution in [3.8, 4) is 17.2 Å². The highest BCUT2D eigenvalue weighted by Gasteiger charge is 2.27. The number of rotatable bonds is 8. The number of hydrogen-bond acceptors (Lipinski definition) is 5. The number of ether oxygens (including phenoxy) is 3. The summed E-state index contributed by atoms with van der Waals surface area (Å²) in [5, 5.41) is 2.98. The quantitative estimate of drug-likeness (QED) is 0.721. The third kappa shape index (κ3) is 5.43. The predicted octanol–water partition coefficient (Wildman–Crippen LogP) is 2.64. The van der Waals surface area contributed by atoms with Crippen molar-refractivity contribution in [3.63, 3.8) is 0 Å². The van der Waals surface area contributed by atoms with E-state index < -0.39 is 0 Å². The topological polar surface area (TPSA) is 77.1 Å². The fraction of sp³-hybridized carbons (Fsp3) is 0.391. The third-order valence-corrected chi connectivity index (χ3v) is 5.26. The predicted molar refractivity (Wildman–Crippen MR) is 113 cm³/mol. The van der Waals surface area contributed by atoms with Gasteiger partial charge in [-0.2, -0.15) is 0 Å². The van der Waals surface area contributed by atoms with Gasteiger partial charge in [0.15, 0.2) is 18.1 Å². The molecule has 0 aliphatic carbocycles. The van der Waals surface area contributed by atoms with Crippen LogP contribution in [0.3, 0.4) is 0 Å². The highest BCUT2D eigenvalue weighted by atomic mass is 16.5. The van der Waals surface area contributed by atoms with E-state index in [1.807, 2.05) is 48.5 Å². The standard InChI is InChI=1S/C23H28N2O5/c1-28-20-10-6-7-18(22(20)29-2)15-24-23(27)17-11-13-25(14-12-17)21(26)16-30-19-8-4-3-5-9-19/h3-10,17H,11-16H2,1-2H3,(H,24,27). The number of likely N-dealkylation sites (tertiary alicyclic amines) is 1. The SMILES string of the molecule is COc1cccc(CNC(=O)C2CCN(C(=O)COc3ccccc3)CC2)c1OC. The lowest BCUT2D eigenvalue weighted by Gasteiger charge is -2.31. The average Bonchev–Trinajstić information content (AvgIpc) is 2.81. The maximum Gasteiger partial charge on any atom is 0.260 e. The van der Waals surface area contributed by atoms with Crippen molar-refractivity contribution >= 4 is 11.8 Å². The van der Waals surface area contributed by atoms with Gasteiger partial charge in [-0.05, 0) is 31.0 Å². The number of nitrogens with one attached hydrogen (secondary N) is 1. The molecule has 1 heterocycles. The maximum absolute atomic E-state index is 12.6. The van der Waals surface area contributed by atoms with Crippen molar-refractivity contribution < 1.29 is 23.8 Å². The van der Waals surface area contributed by atoms with E-state index in [4.69, 9.17) is 14.2 Å². The second-order valence-electron chi connectivity index (χ2n) is 7.13. The number of piperidine rings is 1. The Bertz CT molecular complexity index is 848. The fourth-order valence-electron chi connectivity index (χ4n) is 3.56. The van der Waals surface area contributed by atoms with E-state index in [1.165, 1.54) is 0 Å². The first-order valence-electron chi connectivity index (χ1n) is 10.1. The second-order valence-corrected chi connectivity index (χ2v) is 7.13. The van der Waals surface area contributed by atoms with Crippen LogP contribution in [0.15, 0.2) is 48.5 Å². The molecule has 0 saturated carbocycles. The van der Waals surface area contributed by atoms with Gasteiger partial charge in [-0.3, -0.25) is 9.59 Å². The fourth-order valence-corrected chi connectivity index (χ4v) is 3.56. The largest absolute Gasteiger partial charge is 0.493 e. The molecule has 1 aliphatic heterocycles. The average molecular weight is 412 g/mol. The van der Waals surface area contributed by atoms with Crippen molar-refractivity contribution in [1.29, 1.82) is 0 Å². The van der Waals surface area contributed by atoms with E-state index in [9.17, 15) is 9.59 Å².